The van der Waals surface area contributed by atoms with Crippen molar-refractivity contribution in [3.05, 3.63) is 29.3 Å². The monoisotopic (exact) mass is 334 g/mol. The number of carbonyl (C=O) groups is 1. The summed E-state index contributed by atoms with van der Waals surface area (Å²) in [6.07, 6.45) is 3.42. The molecule has 2 N–H and O–H groups in total. The highest BCUT2D eigenvalue weighted by Crippen LogP contribution is 2.52. The second-order valence-corrected chi connectivity index (χ2v) is 8.03. The minimum Gasteiger partial charge on any atom is -0.377 e. The van der Waals surface area contributed by atoms with Gasteiger partial charge in [-0.05, 0) is 36.8 Å². The molecule has 2 amide bonds. The Balaban J connectivity index is 1.65. The third-order valence-corrected chi connectivity index (χ3v) is 5.98. The normalized spacial score (nSPS) is 27.9. The molecule has 0 spiro atoms. The number of hydrogen-bond acceptors (Lipinski definition) is 3. The van der Waals surface area contributed by atoms with Crippen LogP contribution in [0.1, 0.15) is 31.4 Å². The van der Waals surface area contributed by atoms with Gasteiger partial charge in [0.15, 0.2) is 0 Å². The predicted molar refractivity (Wildman–Crippen MR) is 96.0 cm³/mol. The summed E-state index contributed by atoms with van der Waals surface area (Å²) in [5, 5.41) is 6.20. The second kappa shape index (κ2) is 6.36. The summed E-state index contributed by atoms with van der Waals surface area (Å²) >= 11 is 1.79. The Labute approximate surface area is 142 Å². The van der Waals surface area contributed by atoms with Crippen molar-refractivity contribution in [1.82, 2.24) is 5.32 Å². The van der Waals surface area contributed by atoms with Crippen LogP contribution in [0.5, 0.6) is 0 Å². The van der Waals surface area contributed by atoms with Gasteiger partial charge in [0.25, 0.3) is 0 Å². The van der Waals surface area contributed by atoms with Gasteiger partial charge in [0.05, 0.1) is 6.10 Å². The van der Waals surface area contributed by atoms with Crippen molar-refractivity contribution < 1.29 is 9.53 Å². The van der Waals surface area contributed by atoms with Gasteiger partial charge < -0.3 is 15.4 Å². The maximum Gasteiger partial charge on any atom is 0.319 e. The average Bonchev–Trinajstić information content (AvgIpc) is 2.96. The molecular weight excluding hydrogens is 308 g/mol. The number of thioether (sulfide) groups is 1. The summed E-state index contributed by atoms with van der Waals surface area (Å²) in [7, 11) is 0. The molecule has 0 bridgehead atoms. The van der Waals surface area contributed by atoms with Gasteiger partial charge in [-0.2, -0.15) is 11.8 Å². The largest absolute Gasteiger partial charge is 0.377 e. The van der Waals surface area contributed by atoms with E-state index in [2.05, 4.69) is 43.7 Å². The summed E-state index contributed by atoms with van der Waals surface area (Å²) in [5.41, 5.74) is 3.31. The van der Waals surface area contributed by atoms with Gasteiger partial charge in [-0.3, -0.25) is 0 Å². The lowest BCUT2D eigenvalue weighted by molar-refractivity contribution is -0.107. The molecule has 4 nitrogen and oxygen atoms in total. The lowest BCUT2D eigenvalue weighted by Crippen LogP contribution is -2.67. The fraction of sp³-hybridized carbons (Fsp3) is 0.611. The number of carbonyl (C=O) groups excluding carboxylic acids is 1. The van der Waals surface area contributed by atoms with Crippen LogP contribution < -0.4 is 10.6 Å². The second-order valence-electron chi connectivity index (χ2n) is 7.16. The smallest absolute Gasteiger partial charge is 0.319 e. The molecule has 1 heterocycles. The first-order valence-corrected chi connectivity index (χ1v) is 9.61. The summed E-state index contributed by atoms with van der Waals surface area (Å²) < 4.78 is 5.78. The SMILES string of the molecule is CSCc1cccc(NC(=O)N[C@@H]2[C@H]3CCO[C@H]3C2(C)C)c1C. The molecule has 2 aliphatic rings. The lowest BCUT2D eigenvalue weighted by Gasteiger charge is -2.54. The van der Waals surface area contributed by atoms with Gasteiger partial charge in [0.1, 0.15) is 0 Å². The molecule has 23 heavy (non-hydrogen) atoms. The Kier molecular flexibility index (Phi) is 4.61. The highest BCUT2D eigenvalue weighted by atomic mass is 32.2. The fourth-order valence-corrected chi connectivity index (χ4v) is 4.67. The molecular formula is C18H26N2O2S. The Morgan fingerprint density at radius 2 is 2.22 bits per heavy atom. The summed E-state index contributed by atoms with van der Waals surface area (Å²) in [6.45, 7) is 7.23. The molecule has 1 saturated carbocycles. The Bertz CT molecular complexity index is 603. The molecule has 1 aromatic carbocycles. The van der Waals surface area contributed by atoms with E-state index in [1.807, 2.05) is 12.1 Å². The van der Waals surface area contributed by atoms with Crippen LogP contribution in [0.15, 0.2) is 18.2 Å². The minimum atomic E-state index is -0.113. The third-order valence-electron chi connectivity index (χ3n) is 5.38. The molecule has 0 unspecified atom stereocenters. The van der Waals surface area contributed by atoms with Gasteiger partial charge >= 0.3 is 6.03 Å². The number of rotatable bonds is 4. The third kappa shape index (κ3) is 2.96. The number of benzene rings is 1. The average molecular weight is 334 g/mol. The number of hydrogen-bond donors (Lipinski definition) is 2. The molecule has 0 radical (unpaired) electrons. The zero-order valence-corrected chi connectivity index (χ0v) is 15.1. The standard InChI is InChI=1S/C18H26N2O2S/c1-11-12(10-23-4)6-5-7-14(11)19-17(21)20-15-13-8-9-22-16(13)18(15,2)3/h5-7,13,15-16H,8-10H2,1-4H3,(H2,19,20,21)/t13-,15-,16-/m1/s1. The first kappa shape index (κ1) is 16.7. The number of nitrogens with one attached hydrogen (secondary N) is 2. The molecule has 126 valence electrons. The van der Waals surface area contributed by atoms with Crippen LogP contribution in [0, 0.1) is 18.3 Å². The summed E-state index contributed by atoms with van der Waals surface area (Å²) in [5.74, 6) is 1.42. The van der Waals surface area contributed by atoms with E-state index in [9.17, 15) is 4.79 Å². The van der Waals surface area contributed by atoms with E-state index in [4.69, 9.17) is 4.74 Å². The van der Waals surface area contributed by atoms with Crippen LogP contribution >= 0.6 is 11.8 Å². The van der Waals surface area contributed by atoms with E-state index in [-0.39, 0.29) is 17.5 Å². The predicted octanol–water partition coefficient (Wildman–Crippen LogP) is 3.79. The van der Waals surface area contributed by atoms with E-state index in [0.29, 0.717) is 12.0 Å². The van der Waals surface area contributed by atoms with Gasteiger partial charge in [0.2, 0.25) is 0 Å². The van der Waals surface area contributed by atoms with Gasteiger partial charge in [0, 0.05) is 35.4 Å². The first-order valence-electron chi connectivity index (χ1n) is 8.21. The maximum absolute atomic E-state index is 12.4. The highest BCUT2D eigenvalue weighted by Gasteiger charge is 2.59. The topological polar surface area (TPSA) is 50.4 Å². The molecule has 3 atom stereocenters. The van der Waals surface area contributed by atoms with Crippen LogP contribution in [0.2, 0.25) is 0 Å². The van der Waals surface area contributed by atoms with E-state index < -0.39 is 0 Å². The zero-order valence-electron chi connectivity index (χ0n) is 14.3. The maximum atomic E-state index is 12.4. The Morgan fingerprint density at radius 3 is 2.96 bits per heavy atom. The Morgan fingerprint density at radius 1 is 1.43 bits per heavy atom. The van der Waals surface area contributed by atoms with E-state index in [1.54, 1.807) is 11.8 Å². The van der Waals surface area contributed by atoms with Crippen LogP contribution in [-0.4, -0.2) is 31.0 Å². The van der Waals surface area contributed by atoms with Gasteiger partial charge in [-0.25, -0.2) is 4.79 Å². The fourth-order valence-electron chi connectivity index (χ4n) is 4.05. The number of anilines is 1. The number of ether oxygens (including phenoxy) is 1. The van der Waals surface area contributed by atoms with Gasteiger partial charge in [-0.1, -0.05) is 26.0 Å². The highest BCUT2D eigenvalue weighted by molar-refractivity contribution is 7.97. The first-order chi connectivity index (χ1) is 10.9. The van der Waals surface area contributed by atoms with E-state index in [1.165, 1.54) is 5.56 Å². The Hall–Kier alpha value is -1.20. The molecule has 1 aliphatic carbocycles. The number of amides is 2. The molecule has 5 heteroatoms. The minimum absolute atomic E-state index is 0.00818. The number of urea groups is 1. The van der Waals surface area contributed by atoms with E-state index >= 15 is 0 Å². The quantitative estimate of drug-likeness (QED) is 0.881. The molecule has 1 aromatic rings. The lowest BCUT2D eigenvalue weighted by atomic mass is 9.57. The summed E-state index contributed by atoms with van der Waals surface area (Å²) in [4.78, 5) is 12.4. The molecule has 1 saturated heterocycles. The zero-order chi connectivity index (χ0) is 16.6. The molecule has 2 fully saturated rings. The molecule has 3 rings (SSSR count). The van der Waals surface area contributed by atoms with Crippen LogP contribution in [0.4, 0.5) is 10.5 Å². The van der Waals surface area contributed by atoms with Crippen molar-refractivity contribution in [3.63, 3.8) is 0 Å². The van der Waals surface area contributed by atoms with Crippen LogP contribution in [-0.2, 0) is 10.5 Å². The van der Waals surface area contributed by atoms with Crippen molar-refractivity contribution in [1.29, 1.82) is 0 Å². The van der Waals surface area contributed by atoms with E-state index in [0.717, 1.165) is 30.0 Å². The summed E-state index contributed by atoms with van der Waals surface area (Å²) in [6, 6.07) is 6.15. The van der Waals surface area contributed by atoms with Crippen LogP contribution in [0.3, 0.4) is 0 Å². The number of fused-ring (bicyclic) bond motifs is 1. The van der Waals surface area contributed by atoms with Crippen LogP contribution in [0.25, 0.3) is 0 Å². The van der Waals surface area contributed by atoms with Crippen molar-refractivity contribution in [3.8, 4) is 0 Å². The van der Waals surface area contributed by atoms with Gasteiger partial charge in [-0.15, -0.1) is 0 Å². The van der Waals surface area contributed by atoms with Crippen molar-refractivity contribution >= 4 is 23.5 Å². The van der Waals surface area contributed by atoms with Crippen molar-refractivity contribution in [2.75, 3.05) is 18.2 Å². The van der Waals surface area contributed by atoms with Crippen molar-refractivity contribution in [2.24, 2.45) is 11.3 Å². The molecule has 1 aliphatic heterocycles. The molecule has 0 aromatic heterocycles. The van der Waals surface area contributed by atoms with Crippen molar-refractivity contribution in [2.45, 2.75) is 45.1 Å².